The molecule has 1 N–H and O–H groups in total. The van der Waals surface area contributed by atoms with E-state index in [1.807, 2.05) is 6.92 Å². The highest BCUT2D eigenvalue weighted by molar-refractivity contribution is 5.71. The molecule has 1 saturated carbocycles. The van der Waals surface area contributed by atoms with E-state index in [9.17, 15) is 9.90 Å². The first-order valence-corrected chi connectivity index (χ1v) is 6.49. The summed E-state index contributed by atoms with van der Waals surface area (Å²) in [5, 5.41) is 9.40. The van der Waals surface area contributed by atoms with Crippen LogP contribution in [-0.2, 0) is 4.79 Å². The summed E-state index contributed by atoms with van der Waals surface area (Å²) in [4.78, 5) is 13.8. The summed E-state index contributed by atoms with van der Waals surface area (Å²) < 4.78 is 0. The lowest BCUT2D eigenvalue weighted by Gasteiger charge is -2.51. The zero-order chi connectivity index (χ0) is 11.8. The second kappa shape index (κ2) is 4.36. The van der Waals surface area contributed by atoms with Gasteiger partial charge in [-0.2, -0.15) is 0 Å². The van der Waals surface area contributed by atoms with Crippen molar-refractivity contribution in [3.05, 3.63) is 0 Å². The van der Waals surface area contributed by atoms with Crippen LogP contribution in [0.3, 0.4) is 0 Å². The summed E-state index contributed by atoms with van der Waals surface area (Å²) in [6, 6.07) is 0. The van der Waals surface area contributed by atoms with Crippen LogP contribution in [0.15, 0.2) is 0 Å². The Morgan fingerprint density at radius 1 is 1.62 bits per heavy atom. The molecule has 0 spiro atoms. The van der Waals surface area contributed by atoms with Crippen molar-refractivity contribution in [2.24, 2.45) is 17.3 Å². The Kier molecular flexibility index (Phi) is 3.24. The lowest BCUT2D eigenvalue weighted by molar-refractivity contribution is -0.151. The van der Waals surface area contributed by atoms with E-state index in [1.165, 1.54) is 12.8 Å². The normalized spacial score (nSPS) is 37.0. The maximum Gasteiger partial charge on any atom is 0.307 e. The number of aliphatic carboxylic acids is 1. The summed E-state index contributed by atoms with van der Waals surface area (Å²) in [7, 11) is 2.14. The first-order chi connectivity index (χ1) is 7.57. The van der Waals surface area contributed by atoms with Gasteiger partial charge in [-0.05, 0) is 44.1 Å². The Bertz CT molecular complexity index is 275. The fraction of sp³-hybridized carbons (Fsp3) is 0.923. The number of carboxylic acid groups (broad SMARTS) is 1. The summed E-state index contributed by atoms with van der Waals surface area (Å²) in [5.41, 5.74) is 0.0660. The molecule has 0 amide bonds. The fourth-order valence-electron chi connectivity index (χ4n) is 4.16. The van der Waals surface area contributed by atoms with E-state index < -0.39 is 5.97 Å². The highest BCUT2D eigenvalue weighted by atomic mass is 16.4. The smallest absolute Gasteiger partial charge is 0.307 e. The molecule has 2 aliphatic rings. The molecule has 0 aromatic carbocycles. The van der Waals surface area contributed by atoms with Gasteiger partial charge in [0.25, 0.3) is 0 Å². The topological polar surface area (TPSA) is 40.5 Å². The van der Waals surface area contributed by atoms with E-state index in [0.29, 0.717) is 0 Å². The van der Waals surface area contributed by atoms with Crippen LogP contribution in [0.1, 0.15) is 39.0 Å². The molecule has 1 saturated heterocycles. The molecule has 0 aromatic rings. The maximum absolute atomic E-state index is 11.4. The molecule has 1 aliphatic carbocycles. The Morgan fingerprint density at radius 2 is 2.38 bits per heavy atom. The number of piperidine rings is 1. The van der Waals surface area contributed by atoms with E-state index in [-0.39, 0.29) is 11.3 Å². The summed E-state index contributed by atoms with van der Waals surface area (Å²) >= 11 is 0. The van der Waals surface area contributed by atoms with Crippen molar-refractivity contribution in [2.75, 3.05) is 20.1 Å². The molecule has 2 bridgehead atoms. The molecule has 0 radical (unpaired) electrons. The summed E-state index contributed by atoms with van der Waals surface area (Å²) in [5.74, 6) is 0.0115. The first-order valence-electron chi connectivity index (χ1n) is 6.49. The minimum Gasteiger partial charge on any atom is -0.481 e. The number of likely N-dealkylation sites (tertiary alicyclic amines) is 1. The van der Waals surface area contributed by atoms with Gasteiger partial charge in [0, 0.05) is 13.1 Å². The van der Waals surface area contributed by atoms with Gasteiger partial charge < -0.3 is 10.0 Å². The van der Waals surface area contributed by atoms with Gasteiger partial charge >= 0.3 is 5.97 Å². The highest BCUT2D eigenvalue weighted by Crippen LogP contribution is 2.49. The van der Waals surface area contributed by atoms with Gasteiger partial charge in [0.05, 0.1) is 5.92 Å². The van der Waals surface area contributed by atoms with Gasteiger partial charge in [0.1, 0.15) is 0 Å². The van der Waals surface area contributed by atoms with Crippen LogP contribution in [0.25, 0.3) is 0 Å². The lowest BCUT2D eigenvalue weighted by atomic mass is 9.60. The Balaban J connectivity index is 2.22. The van der Waals surface area contributed by atoms with Crippen LogP contribution < -0.4 is 0 Å². The molecule has 1 aliphatic heterocycles. The maximum atomic E-state index is 11.4. The van der Waals surface area contributed by atoms with Gasteiger partial charge in [0.2, 0.25) is 0 Å². The zero-order valence-electron chi connectivity index (χ0n) is 10.4. The number of hydrogen-bond donors (Lipinski definition) is 1. The van der Waals surface area contributed by atoms with Crippen molar-refractivity contribution >= 4 is 5.97 Å². The SMILES string of the molecule is CCC(C(=O)O)C12CCCC(CN(C)C1)C2. The largest absolute Gasteiger partial charge is 0.481 e. The highest BCUT2D eigenvalue weighted by Gasteiger charge is 2.48. The Labute approximate surface area is 97.8 Å². The van der Waals surface area contributed by atoms with E-state index in [4.69, 9.17) is 0 Å². The van der Waals surface area contributed by atoms with Gasteiger partial charge in [0.15, 0.2) is 0 Å². The molecule has 0 aromatic heterocycles. The van der Waals surface area contributed by atoms with Crippen molar-refractivity contribution < 1.29 is 9.90 Å². The third-order valence-corrected chi connectivity index (χ3v) is 4.58. The fourth-order valence-corrected chi connectivity index (χ4v) is 4.16. The molecule has 3 unspecified atom stereocenters. The number of carboxylic acids is 1. The molecule has 3 atom stereocenters. The standard InChI is InChI=1S/C13H23NO2/c1-3-11(12(15)16)13-6-4-5-10(7-13)8-14(2)9-13/h10-11H,3-9H2,1-2H3,(H,15,16). The number of rotatable bonds is 3. The average molecular weight is 225 g/mol. The van der Waals surface area contributed by atoms with Crippen LogP contribution in [0.4, 0.5) is 0 Å². The minimum atomic E-state index is -0.585. The molecular weight excluding hydrogens is 202 g/mol. The predicted molar refractivity (Wildman–Crippen MR) is 63.3 cm³/mol. The van der Waals surface area contributed by atoms with E-state index >= 15 is 0 Å². The zero-order valence-corrected chi connectivity index (χ0v) is 10.4. The van der Waals surface area contributed by atoms with Gasteiger partial charge in [-0.25, -0.2) is 0 Å². The number of nitrogens with zero attached hydrogens (tertiary/aromatic N) is 1. The van der Waals surface area contributed by atoms with Crippen LogP contribution in [0, 0.1) is 17.3 Å². The van der Waals surface area contributed by atoms with E-state index in [2.05, 4.69) is 11.9 Å². The molecule has 16 heavy (non-hydrogen) atoms. The average Bonchev–Trinajstić information content (AvgIpc) is 2.16. The summed E-state index contributed by atoms with van der Waals surface area (Å²) in [6.07, 6.45) is 5.54. The molecule has 3 heteroatoms. The molecule has 2 rings (SSSR count). The van der Waals surface area contributed by atoms with Crippen LogP contribution in [0.5, 0.6) is 0 Å². The third kappa shape index (κ3) is 1.97. The van der Waals surface area contributed by atoms with Crippen molar-refractivity contribution in [2.45, 2.75) is 39.0 Å². The monoisotopic (exact) mass is 225 g/mol. The van der Waals surface area contributed by atoms with Crippen LogP contribution in [0.2, 0.25) is 0 Å². The molecule has 92 valence electrons. The van der Waals surface area contributed by atoms with E-state index in [0.717, 1.165) is 38.3 Å². The molecule has 1 heterocycles. The van der Waals surface area contributed by atoms with Crippen molar-refractivity contribution in [3.63, 3.8) is 0 Å². The first kappa shape index (κ1) is 11.9. The van der Waals surface area contributed by atoms with Crippen LogP contribution >= 0.6 is 0 Å². The Morgan fingerprint density at radius 3 is 3.00 bits per heavy atom. The van der Waals surface area contributed by atoms with Gasteiger partial charge in [-0.15, -0.1) is 0 Å². The molecule has 2 fully saturated rings. The Hall–Kier alpha value is -0.570. The second-order valence-corrected chi connectivity index (χ2v) is 5.82. The van der Waals surface area contributed by atoms with Crippen LogP contribution in [-0.4, -0.2) is 36.1 Å². The molecular formula is C13H23NO2. The minimum absolute atomic E-state index is 0.0660. The van der Waals surface area contributed by atoms with E-state index in [1.54, 1.807) is 0 Å². The van der Waals surface area contributed by atoms with Gasteiger partial charge in [-0.3, -0.25) is 4.79 Å². The van der Waals surface area contributed by atoms with Crippen molar-refractivity contribution in [3.8, 4) is 0 Å². The predicted octanol–water partition coefficient (Wildman–Crippen LogP) is 2.22. The number of carbonyl (C=O) groups is 1. The second-order valence-electron chi connectivity index (χ2n) is 5.82. The third-order valence-electron chi connectivity index (χ3n) is 4.58. The van der Waals surface area contributed by atoms with Crippen molar-refractivity contribution in [1.82, 2.24) is 4.90 Å². The quantitative estimate of drug-likeness (QED) is 0.800. The lowest BCUT2D eigenvalue weighted by Crippen LogP contribution is -2.53. The summed E-state index contributed by atoms with van der Waals surface area (Å²) in [6.45, 7) is 4.16. The van der Waals surface area contributed by atoms with Gasteiger partial charge in [-0.1, -0.05) is 13.3 Å². The number of hydrogen-bond acceptors (Lipinski definition) is 2. The van der Waals surface area contributed by atoms with Crippen molar-refractivity contribution in [1.29, 1.82) is 0 Å². The number of fused-ring (bicyclic) bond motifs is 2. The molecule has 3 nitrogen and oxygen atoms in total.